The normalized spacial score (nSPS) is 21.7. The summed E-state index contributed by atoms with van der Waals surface area (Å²) >= 11 is 0. The van der Waals surface area contributed by atoms with E-state index in [-0.39, 0.29) is 18.4 Å². The zero-order valence-electron chi connectivity index (χ0n) is 15.4. The molecule has 8 heteroatoms. The number of hydrogen-bond donors (Lipinski definition) is 1. The van der Waals surface area contributed by atoms with Crippen LogP contribution in [0.2, 0.25) is 0 Å². The van der Waals surface area contributed by atoms with Gasteiger partial charge in [0.2, 0.25) is 5.91 Å². The van der Waals surface area contributed by atoms with Crippen LogP contribution < -0.4 is 5.32 Å². The van der Waals surface area contributed by atoms with Gasteiger partial charge in [0.1, 0.15) is 18.1 Å². The van der Waals surface area contributed by atoms with Crippen molar-refractivity contribution in [3.63, 3.8) is 0 Å². The molecule has 1 unspecified atom stereocenters. The number of carbonyl (C=O) groups excluding carboxylic acids is 3. The van der Waals surface area contributed by atoms with Gasteiger partial charge in [-0.25, -0.2) is 9.18 Å². The zero-order valence-corrected chi connectivity index (χ0v) is 15.4. The number of halogens is 1. The summed E-state index contributed by atoms with van der Waals surface area (Å²) in [5.41, 5.74) is -0.947. The van der Waals surface area contributed by atoms with Gasteiger partial charge < -0.3 is 14.6 Å². The second kappa shape index (κ2) is 6.78. The maximum absolute atomic E-state index is 14.0. The summed E-state index contributed by atoms with van der Waals surface area (Å²) in [6.07, 6.45) is 3.06. The van der Waals surface area contributed by atoms with Gasteiger partial charge in [-0.3, -0.25) is 14.5 Å². The van der Waals surface area contributed by atoms with Crippen LogP contribution in [0.5, 0.6) is 0 Å². The van der Waals surface area contributed by atoms with Crippen LogP contribution in [0.15, 0.2) is 47.1 Å². The first-order valence-electron chi connectivity index (χ1n) is 9.11. The Bertz CT molecular complexity index is 925. The molecule has 1 saturated heterocycles. The molecule has 4 rings (SSSR count). The molecule has 28 heavy (non-hydrogen) atoms. The van der Waals surface area contributed by atoms with E-state index in [9.17, 15) is 18.8 Å². The Morgan fingerprint density at radius 3 is 2.68 bits per heavy atom. The molecular formula is C20H20FN3O4. The lowest BCUT2D eigenvalue weighted by Gasteiger charge is -2.25. The van der Waals surface area contributed by atoms with E-state index in [2.05, 4.69) is 5.32 Å². The Kier molecular flexibility index (Phi) is 4.41. The fourth-order valence-electron chi connectivity index (χ4n) is 3.41. The van der Waals surface area contributed by atoms with Gasteiger partial charge in [-0.15, -0.1) is 0 Å². The van der Waals surface area contributed by atoms with Crippen molar-refractivity contribution < 1.29 is 23.2 Å². The van der Waals surface area contributed by atoms with Gasteiger partial charge in [0, 0.05) is 18.2 Å². The van der Waals surface area contributed by atoms with E-state index in [0.717, 1.165) is 17.7 Å². The van der Waals surface area contributed by atoms with Crippen molar-refractivity contribution in [1.29, 1.82) is 0 Å². The Labute approximate surface area is 161 Å². The first-order chi connectivity index (χ1) is 13.4. The number of hydrogen-bond acceptors (Lipinski definition) is 4. The quantitative estimate of drug-likeness (QED) is 0.774. The number of imide groups is 1. The molecule has 2 aliphatic rings. The molecule has 0 bridgehead atoms. The summed E-state index contributed by atoms with van der Waals surface area (Å²) in [6, 6.07) is 8.83. The highest BCUT2D eigenvalue weighted by molar-refractivity contribution is 6.08. The average Bonchev–Trinajstić information content (AvgIpc) is 3.29. The number of nitrogens with zero attached hydrogens (tertiary/aromatic N) is 2. The molecule has 4 amide bonds. The second-order valence-electron chi connectivity index (χ2n) is 7.27. The molecule has 0 spiro atoms. The number of carbonyl (C=O) groups is 3. The minimum absolute atomic E-state index is 0.00401. The number of amides is 4. The summed E-state index contributed by atoms with van der Waals surface area (Å²) in [6.45, 7) is 1.25. The molecule has 1 aromatic heterocycles. The van der Waals surface area contributed by atoms with Crippen LogP contribution in [0, 0.1) is 5.82 Å². The van der Waals surface area contributed by atoms with Gasteiger partial charge in [0.05, 0.1) is 6.26 Å². The van der Waals surface area contributed by atoms with Crippen LogP contribution >= 0.6 is 0 Å². The summed E-state index contributed by atoms with van der Waals surface area (Å²) < 4.78 is 19.3. The zero-order chi connectivity index (χ0) is 19.9. The van der Waals surface area contributed by atoms with Crippen molar-refractivity contribution in [1.82, 2.24) is 15.1 Å². The number of furan rings is 1. The van der Waals surface area contributed by atoms with Crippen LogP contribution in [-0.2, 0) is 21.7 Å². The third kappa shape index (κ3) is 3.15. The summed E-state index contributed by atoms with van der Waals surface area (Å²) in [7, 11) is 0. The molecule has 2 heterocycles. The van der Waals surface area contributed by atoms with Crippen molar-refractivity contribution in [3.05, 3.63) is 59.8 Å². The van der Waals surface area contributed by atoms with Crippen molar-refractivity contribution in [3.8, 4) is 0 Å². The average molecular weight is 385 g/mol. The summed E-state index contributed by atoms with van der Waals surface area (Å²) in [5, 5.41) is 2.59. The Hall–Kier alpha value is -3.16. The highest BCUT2D eigenvalue weighted by Gasteiger charge is 2.52. The molecule has 1 saturated carbocycles. The largest absolute Gasteiger partial charge is 0.466 e. The number of nitrogens with one attached hydrogen (secondary N) is 1. The molecule has 7 nitrogen and oxygen atoms in total. The molecule has 1 aliphatic carbocycles. The SMILES string of the molecule is CC1(c2ccco2)NC(=O)N(CC(=O)N(Cc2ccccc2F)C2CC2)C1=O. The van der Waals surface area contributed by atoms with Gasteiger partial charge in [-0.1, -0.05) is 18.2 Å². The van der Waals surface area contributed by atoms with Gasteiger partial charge in [-0.2, -0.15) is 0 Å². The number of urea groups is 1. The molecule has 1 N–H and O–H groups in total. The molecule has 2 fully saturated rings. The highest BCUT2D eigenvalue weighted by Crippen LogP contribution is 2.31. The minimum atomic E-state index is -1.35. The Morgan fingerprint density at radius 1 is 1.29 bits per heavy atom. The lowest BCUT2D eigenvalue weighted by Crippen LogP contribution is -2.45. The predicted molar refractivity (Wildman–Crippen MR) is 96.3 cm³/mol. The predicted octanol–water partition coefficient (Wildman–Crippen LogP) is 2.38. The van der Waals surface area contributed by atoms with Crippen molar-refractivity contribution in [2.75, 3.05) is 6.54 Å². The Morgan fingerprint density at radius 2 is 2.04 bits per heavy atom. The standard InChI is InChI=1S/C20H20FN3O4/c1-20(16-7-4-10-28-16)18(26)24(19(27)22-20)12-17(25)23(14-8-9-14)11-13-5-2-3-6-15(13)21/h2-7,10,14H,8-9,11-12H2,1H3,(H,22,27). The van der Waals surface area contributed by atoms with E-state index in [0.29, 0.717) is 11.3 Å². The van der Waals surface area contributed by atoms with E-state index >= 15 is 0 Å². The van der Waals surface area contributed by atoms with Gasteiger partial charge in [-0.05, 0) is 38.0 Å². The van der Waals surface area contributed by atoms with E-state index < -0.39 is 29.9 Å². The minimum Gasteiger partial charge on any atom is -0.466 e. The van der Waals surface area contributed by atoms with E-state index in [4.69, 9.17) is 4.42 Å². The first kappa shape index (κ1) is 18.2. The van der Waals surface area contributed by atoms with E-state index in [1.54, 1.807) is 35.2 Å². The van der Waals surface area contributed by atoms with Crippen molar-refractivity contribution >= 4 is 17.8 Å². The first-order valence-corrected chi connectivity index (χ1v) is 9.11. The molecule has 2 aromatic rings. The van der Waals surface area contributed by atoms with Crippen LogP contribution in [0.3, 0.4) is 0 Å². The van der Waals surface area contributed by atoms with Crippen molar-refractivity contribution in [2.24, 2.45) is 0 Å². The molecule has 1 atom stereocenters. The van der Waals surface area contributed by atoms with Crippen LogP contribution in [0.25, 0.3) is 0 Å². The number of rotatable bonds is 6. The molecule has 1 aromatic carbocycles. The Balaban J connectivity index is 1.51. The van der Waals surface area contributed by atoms with Crippen LogP contribution in [-0.4, -0.2) is 40.2 Å². The smallest absolute Gasteiger partial charge is 0.325 e. The molecular weight excluding hydrogens is 365 g/mol. The molecule has 146 valence electrons. The highest BCUT2D eigenvalue weighted by atomic mass is 19.1. The lowest BCUT2D eigenvalue weighted by molar-refractivity contribution is -0.139. The van der Waals surface area contributed by atoms with Gasteiger partial charge in [0.25, 0.3) is 5.91 Å². The van der Waals surface area contributed by atoms with Gasteiger partial charge in [0.15, 0.2) is 5.54 Å². The van der Waals surface area contributed by atoms with Crippen LogP contribution in [0.4, 0.5) is 9.18 Å². The third-order valence-electron chi connectivity index (χ3n) is 5.19. The fourth-order valence-corrected chi connectivity index (χ4v) is 3.41. The lowest BCUT2D eigenvalue weighted by atomic mass is 9.99. The maximum atomic E-state index is 14.0. The van der Waals surface area contributed by atoms with E-state index in [1.807, 2.05) is 0 Å². The van der Waals surface area contributed by atoms with Gasteiger partial charge >= 0.3 is 6.03 Å². The van der Waals surface area contributed by atoms with E-state index in [1.165, 1.54) is 19.3 Å². The second-order valence-corrected chi connectivity index (χ2v) is 7.27. The fraction of sp³-hybridized carbons (Fsp3) is 0.350. The third-order valence-corrected chi connectivity index (χ3v) is 5.19. The van der Waals surface area contributed by atoms with Crippen molar-refractivity contribution in [2.45, 2.75) is 37.9 Å². The van der Waals surface area contributed by atoms with Crippen LogP contribution in [0.1, 0.15) is 31.1 Å². The maximum Gasteiger partial charge on any atom is 0.325 e. The molecule has 0 radical (unpaired) electrons. The topological polar surface area (TPSA) is 82.9 Å². The summed E-state index contributed by atoms with van der Waals surface area (Å²) in [4.78, 5) is 40.5. The summed E-state index contributed by atoms with van der Waals surface area (Å²) in [5.74, 6) is -1.03. The monoisotopic (exact) mass is 385 g/mol. The number of benzene rings is 1. The molecule has 1 aliphatic heterocycles.